The first-order valence-corrected chi connectivity index (χ1v) is 6.24. The van der Waals surface area contributed by atoms with Gasteiger partial charge in [-0.25, -0.2) is 0 Å². The fraction of sp³-hybridized carbons (Fsp3) is 0.571. The SMILES string of the molecule is CC(C)(C)Bc1ccc(BC(C)(C)C)cc1. The van der Waals surface area contributed by atoms with Gasteiger partial charge in [0.25, 0.3) is 0 Å². The molecule has 0 heterocycles. The van der Waals surface area contributed by atoms with Crippen molar-refractivity contribution in [2.75, 3.05) is 0 Å². The summed E-state index contributed by atoms with van der Waals surface area (Å²) in [5.41, 5.74) is 2.90. The van der Waals surface area contributed by atoms with Crippen LogP contribution in [-0.4, -0.2) is 14.6 Å². The standard InChI is InChI=1S/C14H24B2/c1-13(2,3)15-11-7-9-12(10-8-11)16-14(4,5)6/h7-10,15-16H,1-6H3. The van der Waals surface area contributed by atoms with Gasteiger partial charge >= 0.3 is 0 Å². The fourth-order valence-electron chi connectivity index (χ4n) is 2.00. The smallest absolute Gasteiger partial charge is 0.0840 e. The Kier molecular flexibility index (Phi) is 3.93. The maximum atomic E-state index is 2.29. The molecule has 16 heavy (non-hydrogen) atoms. The Morgan fingerprint density at radius 3 is 1.06 bits per heavy atom. The molecular formula is C14H24B2. The molecule has 0 saturated heterocycles. The van der Waals surface area contributed by atoms with Crippen LogP contribution in [0.2, 0.25) is 10.6 Å². The zero-order valence-corrected chi connectivity index (χ0v) is 11.7. The molecule has 0 aliphatic rings. The molecular weight excluding hydrogens is 190 g/mol. The number of hydrogen-bond acceptors (Lipinski definition) is 0. The molecule has 86 valence electrons. The predicted molar refractivity (Wildman–Crippen MR) is 79.4 cm³/mol. The van der Waals surface area contributed by atoms with Gasteiger partial charge in [-0.2, -0.15) is 0 Å². The third kappa shape index (κ3) is 5.44. The third-order valence-electron chi connectivity index (χ3n) is 2.49. The monoisotopic (exact) mass is 214 g/mol. The molecule has 0 bridgehead atoms. The summed E-state index contributed by atoms with van der Waals surface area (Å²) in [6.45, 7) is 13.7. The van der Waals surface area contributed by atoms with E-state index < -0.39 is 0 Å². The summed E-state index contributed by atoms with van der Waals surface area (Å²) in [6.07, 6.45) is 0. The highest BCUT2D eigenvalue weighted by Gasteiger charge is 2.15. The Morgan fingerprint density at radius 2 is 0.875 bits per heavy atom. The molecule has 0 amide bonds. The van der Waals surface area contributed by atoms with Crippen LogP contribution in [0, 0.1) is 0 Å². The largest absolute Gasteiger partial charge is 0.163 e. The van der Waals surface area contributed by atoms with E-state index in [1.54, 1.807) is 0 Å². The second-order valence-electron chi connectivity index (χ2n) is 7.29. The zero-order valence-electron chi connectivity index (χ0n) is 11.7. The summed E-state index contributed by atoms with van der Waals surface area (Å²) >= 11 is 0. The first-order chi connectivity index (χ1) is 7.16. The summed E-state index contributed by atoms with van der Waals surface area (Å²) in [6, 6.07) is 9.14. The summed E-state index contributed by atoms with van der Waals surface area (Å²) in [4.78, 5) is 0. The van der Waals surface area contributed by atoms with E-state index in [1.165, 1.54) is 10.9 Å². The normalized spacial score (nSPS) is 12.4. The lowest BCUT2D eigenvalue weighted by atomic mass is 9.49. The number of hydrogen-bond donors (Lipinski definition) is 0. The van der Waals surface area contributed by atoms with Gasteiger partial charge in [-0.05, 0) is 0 Å². The van der Waals surface area contributed by atoms with Gasteiger partial charge in [-0.3, -0.25) is 0 Å². The topological polar surface area (TPSA) is 0 Å². The summed E-state index contributed by atoms with van der Waals surface area (Å²) < 4.78 is 0. The molecule has 0 aliphatic heterocycles. The molecule has 1 aromatic rings. The first-order valence-electron chi connectivity index (χ1n) is 6.24. The molecule has 2 heteroatoms. The van der Waals surface area contributed by atoms with Crippen LogP contribution in [0.1, 0.15) is 41.5 Å². The Balaban J connectivity index is 2.69. The Bertz CT molecular complexity index is 290. The van der Waals surface area contributed by atoms with E-state index in [4.69, 9.17) is 0 Å². The Hall–Kier alpha value is -0.650. The maximum absolute atomic E-state index is 2.29. The maximum Gasteiger partial charge on any atom is 0.163 e. The van der Waals surface area contributed by atoms with Gasteiger partial charge in [0.15, 0.2) is 14.6 Å². The average molecular weight is 214 g/mol. The van der Waals surface area contributed by atoms with Crippen molar-refractivity contribution in [3.63, 3.8) is 0 Å². The van der Waals surface area contributed by atoms with Crippen LogP contribution in [0.15, 0.2) is 24.3 Å². The molecule has 1 aromatic carbocycles. The van der Waals surface area contributed by atoms with Crippen molar-refractivity contribution < 1.29 is 0 Å². The van der Waals surface area contributed by atoms with E-state index in [2.05, 4.69) is 65.8 Å². The second-order valence-corrected chi connectivity index (χ2v) is 7.29. The molecule has 0 atom stereocenters. The van der Waals surface area contributed by atoms with Crippen molar-refractivity contribution in [1.29, 1.82) is 0 Å². The van der Waals surface area contributed by atoms with Gasteiger partial charge in [-0.1, -0.05) is 87.4 Å². The van der Waals surface area contributed by atoms with Gasteiger partial charge in [-0.15, -0.1) is 0 Å². The van der Waals surface area contributed by atoms with E-state index in [9.17, 15) is 0 Å². The minimum absolute atomic E-state index is 0.380. The average Bonchev–Trinajstić information content (AvgIpc) is 2.03. The highest BCUT2D eigenvalue weighted by molar-refractivity contribution is 6.58. The summed E-state index contributed by atoms with van der Waals surface area (Å²) in [5, 5.41) is 0.761. The first kappa shape index (κ1) is 13.4. The lowest BCUT2D eigenvalue weighted by Gasteiger charge is -2.18. The van der Waals surface area contributed by atoms with Crippen molar-refractivity contribution in [3.05, 3.63) is 24.3 Å². The zero-order chi connectivity index (χ0) is 12.4. The molecule has 0 unspecified atom stereocenters. The molecule has 0 aliphatic carbocycles. The molecule has 0 nitrogen and oxygen atoms in total. The van der Waals surface area contributed by atoms with Crippen LogP contribution in [0.4, 0.5) is 0 Å². The Morgan fingerprint density at radius 1 is 0.625 bits per heavy atom. The number of benzene rings is 1. The van der Waals surface area contributed by atoms with Crippen LogP contribution in [-0.2, 0) is 0 Å². The van der Waals surface area contributed by atoms with E-state index in [0.717, 1.165) is 14.6 Å². The molecule has 0 N–H and O–H groups in total. The minimum atomic E-state index is 0.380. The lowest BCUT2D eigenvalue weighted by Crippen LogP contribution is -2.28. The number of rotatable bonds is 2. The van der Waals surface area contributed by atoms with Crippen molar-refractivity contribution in [2.45, 2.75) is 52.2 Å². The molecule has 0 fully saturated rings. The van der Waals surface area contributed by atoms with Crippen LogP contribution in [0.5, 0.6) is 0 Å². The molecule has 0 radical (unpaired) electrons. The van der Waals surface area contributed by atoms with Gasteiger partial charge in [0.05, 0.1) is 0 Å². The van der Waals surface area contributed by atoms with Crippen LogP contribution in [0.25, 0.3) is 0 Å². The van der Waals surface area contributed by atoms with E-state index in [-0.39, 0.29) is 0 Å². The van der Waals surface area contributed by atoms with Crippen LogP contribution in [0.3, 0.4) is 0 Å². The van der Waals surface area contributed by atoms with Crippen LogP contribution < -0.4 is 10.9 Å². The van der Waals surface area contributed by atoms with E-state index >= 15 is 0 Å². The van der Waals surface area contributed by atoms with Gasteiger partial charge < -0.3 is 0 Å². The molecule has 1 rings (SSSR count). The highest BCUT2D eigenvalue weighted by Crippen LogP contribution is 2.20. The van der Waals surface area contributed by atoms with Crippen molar-refractivity contribution in [1.82, 2.24) is 0 Å². The van der Waals surface area contributed by atoms with Gasteiger partial charge in [0.2, 0.25) is 0 Å². The highest BCUT2D eigenvalue weighted by atomic mass is 14.0. The summed E-state index contributed by atoms with van der Waals surface area (Å²) in [5.74, 6) is 0. The summed E-state index contributed by atoms with van der Waals surface area (Å²) in [7, 11) is 2.31. The van der Waals surface area contributed by atoms with Gasteiger partial charge in [0, 0.05) is 0 Å². The molecule has 0 spiro atoms. The predicted octanol–water partition coefficient (Wildman–Crippen LogP) is 2.25. The minimum Gasteiger partial charge on any atom is -0.0840 e. The van der Waals surface area contributed by atoms with Gasteiger partial charge in [0.1, 0.15) is 0 Å². The molecule has 0 saturated carbocycles. The molecule has 0 aromatic heterocycles. The lowest BCUT2D eigenvalue weighted by molar-refractivity contribution is 0.758. The van der Waals surface area contributed by atoms with Crippen LogP contribution >= 0.6 is 0 Å². The van der Waals surface area contributed by atoms with E-state index in [1.807, 2.05) is 0 Å². The van der Waals surface area contributed by atoms with Crippen molar-refractivity contribution in [3.8, 4) is 0 Å². The quantitative estimate of drug-likeness (QED) is 0.662. The van der Waals surface area contributed by atoms with Crippen molar-refractivity contribution >= 4 is 25.5 Å². The fourth-order valence-corrected chi connectivity index (χ4v) is 2.00. The third-order valence-corrected chi connectivity index (χ3v) is 2.49. The second kappa shape index (κ2) is 4.69. The van der Waals surface area contributed by atoms with Crippen molar-refractivity contribution in [2.24, 2.45) is 0 Å². The Labute approximate surface area is 102 Å². The van der Waals surface area contributed by atoms with E-state index in [0.29, 0.717) is 10.6 Å².